The molecule has 25 heavy (non-hydrogen) atoms. The SMILES string of the molecule is CCC(C)NC(=O)C1CCN(c2ccc(-c3ccncc3)nn2)CC1. The van der Waals surface area contributed by atoms with Gasteiger partial charge in [-0.2, -0.15) is 0 Å². The fourth-order valence-electron chi connectivity index (χ4n) is 3.00. The van der Waals surface area contributed by atoms with Crippen molar-refractivity contribution in [2.24, 2.45) is 5.92 Å². The summed E-state index contributed by atoms with van der Waals surface area (Å²) >= 11 is 0. The summed E-state index contributed by atoms with van der Waals surface area (Å²) in [4.78, 5) is 18.5. The lowest BCUT2D eigenvalue weighted by Gasteiger charge is -2.32. The molecular formula is C19H25N5O. The van der Waals surface area contributed by atoms with E-state index in [1.807, 2.05) is 31.2 Å². The number of hydrogen-bond acceptors (Lipinski definition) is 5. The van der Waals surface area contributed by atoms with Gasteiger partial charge in [-0.1, -0.05) is 6.92 Å². The number of aromatic nitrogens is 3. The minimum absolute atomic E-state index is 0.106. The number of carbonyl (C=O) groups is 1. The van der Waals surface area contributed by atoms with Crippen molar-refractivity contribution in [3.05, 3.63) is 36.7 Å². The molecule has 1 aliphatic rings. The lowest BCUT2D eigenvalue weighted by Crippen LogP contribution is -2.43. The molecule has 6 nitrogen and oxygen atoms in total. The Morgan fingerprint density at radius 3 is 2.52 bits per heavy atom. The smallest absolute Gasteiger partial charge is 0.223 e. The monoisotopic (exact) mass is 339 g/mol. The van der Waals surface area contributed by atoms with Crippen molar-refractivity contribution in [2.75, 3.05) is 18.0 Å². The van der Waals surface area contributed by atoms with Crippen molar-refractivity contribution in [3.63, 3.8) is 0 Å². The highest BCUT2D eigenvalue weighted by Crippen LogP contribution is 2.23. The molecule has 2 aromatic heterocycles. The van der Waals surface area contributed by atoms with Crippen LogP contribution in [-0.4, -0.2) is 40.2 Å². The van der Waals surface area contributed by atoms with Crippen LogP contribution in [0.25, 0.3) is 11.3 Å². The van der Waals surface area contributed by atoms with E-state index in [4.69, 9.17) is 0 Å². The Bertz CT molecular complexity index is 681. The molecule has 3 heterocycles. The fraction of sp³-hybridized carbons (Fsp3) is 0.474. The maximum Gasteiger partial charge on any atom is 0.223 e. The maximum absolute atomic E-state index is 12.2. The third kappa shape index (κ3) is 4.32. The molecule has 3 rings (SSSR count). The number of rotatable bonds is 5. The zero-order valence-electron chi connectivity index (χ0n) is 14.9. The predicted octanol–water partition coefficient (Wildman–Crippen LogP) is 2.67. The van der Waals surface area contributed by atoms with Crippen molar-refractivity contribution in [2.45, 2.75) is 39.2 Å². The van der Waals surface area contributed by atoms with Crippen LogP contribution in [0.15, 0.2) is 36.7 Å². The lowest BCUT2D eigenvalue weighted by molar-refractivity contribution is -0.126. The number of nitrogens with one attached hydrogen (secondary N) is 1. The van der Waals surface area contributed by atoms with Crippen LogP contribution >= 0.6 is 0 Å². The van der Waals surface area contributed by atoms with Crippen LogP contribution in [0.1, 0.15) is 33.1 Å². The summed E-state index contributed by atoms with van der Waals surface area (Å²) in [5.41, 5.74) is 1.85. The molecule has 0 aliphatic carbocycles. The van der Waals surface area contributed by atoms with Crippen LogP contribution in [0.3, 0.4) is 0 Å². The number of carbonyl (C=O) groups excluding carboxylic acids is 1. The third-order valence-corrected chi connectivity index (χ3v) is 4.82. The average Bonchev–Trinajstić information content (AvgIpc) is 2.69. The first-order chi connectivity index (χ1) is 12.2. The topological polar surface area (TPSA) is 71.0 Å². The van der Waals surface area contributed by atoms with Gasteiger partial charge in [0.2, 0.25) is 5.91 Å². The van der Waals surface area contributed by atoms with Gasteiger partial charge in [-0.15, -0.1) is 10.2 Å². The van der Waals surface area contributed by atoms with E-state index in [-0.39, 0.29) is 17.9 Å². The Kier molecular flexibility index (Phi) is 5.58. The van der Waals surface area contributed by atoms with E-state index in [2.05, 4.69) is 32.3 Å². The van der Waals surface area contributed by atoms with Gasteiger partial charge in [-0.05, 0) is 50.5 Å². The summed E-state index contributed by atoms with van der Waals surface area (Å²) in [5, 5.41) is 11.8. The molecule has 132 valence electrons. The van der Waals surface area contributed by atoms with Crippen molar-refractivity contribution in [3.8, 4) is 11.3 Å². The number of piperidine rings is 1. The number of hydrogen-bond donors (Lipinski definition) is 1. The average molecular weight is 339 g/mol. The molecule has 6 heteroatoms. The molecule has 1 amide bonds. The zero-order valence-corrected chi connectivity index (χ0v) is 14.9. The second kappa shape index (κ2) is 8.05. The van der Waals surface area contributed by atoms with Gasteiger partial charge in [0.1, 0.15) is 0 Å². The highest BCUT2D eigenvalue weighted by atomic mass is 16.1. The molecular weight excluding hydrogens is 314 g/mol. The van der Waals surface area contributed by atoms with Crippen molar-refractivity contribution in [1.82, 2.24) is 20.5 Å². The van der Waals surface area contributed by atoms with E-state index in [1.165, 1.54) is 0 Å². The molecule has 1 unspecified atom stereocenters. The Morgan fingerprint density at radius 2 is 1.92 bits per heavy atom. The Morgan fingerprint density at radius 1 is 1.20 bits per heavy atom. The largest absolute Gasteiger partial charge is 0.355 e. The first-order valence-electron chi connectivity index (χ1n) is 8.97. The Balaban J connectivity index is 1.57. The molecule has 1 N–H and O–H groups in total. The van der Waals surface area contributed by atoms with Gasteiger partial charge in [0.15, 0.2) is 5.82 Å². The van der Waals surface area contributed by atoms with Gasteiger partial charge in [-0.3, -0.25) is 9.78 Å². The van der Waals surface area contributed by atoms with Crippen LogP contribution in [0.2, 0.25) is 0 Å². The minimum Gasteiger partial charge on any atom is -0.355 e. The first kappa shape index (κ1) is 17.3. The van der Waals surface area contributed by atoms with Crippen LogP contribution in [0.5, 0.6) is 0 Å². The first-order valence-corrected chi connectivity index (χ1v) is 8.97. The number of amides is 1. The Labute approximate surface area is 148 Å². The summed E-state index contributed by atoms with van der Waals surface area (Å²) in [5.74, 6) is 1.17. The van der Waals surface area contributed by atoms with E-state index in [1.54, 1.807) is 12.4 Å². The van der Waals surface area contributed by atoms with Crippen LogP contribution in [-0.2, 0) is 4.79 Å². The predicted molar refractivity (Wildman–Crippen MR) is 98.1 cm³/mol. The molecule has 0 saturated carbocycles. The van der Waals surface area contributed by atoms with Gasteiger partial charge >= 0.3 is 0 Å². The normalized spacial score (nSPS) is 16.5. The molecule has 1 aliphatic heterocycles. The molecule has 0 spiro atoms. The molecule has 1 fully saturated rings. The quantitative estimate of drug-likeness (QED) is 0.907. The van der Waals surface area contributed by atoms with Gasteiger partial charge in [0.05, 0.1) is 5.69 Å². The molecule has 0 aromatic carbocycles. The fourth-order valence-corrected chi connectivity index (χ4v) is 3.00. The molecule has 1 atom stereocenters. The number of nitrogens with zero attached hydrogens (tertiary/aromatic N) is 4. The molecule has 0 bridgehead atoms. The lowest BCUT2D eigenvalue weighted by atomic mass is 9.95. The van der Waals surface area contributed by atoms with E-state index in [0.717, 1.165) is 49.4 Å². The number of anilines is 1. The summed E-state index contributed by atoms with van der Waals surface area (Å²) in [6.07, 6.45) is 6.18. The van der Waals surface area contributed by atoms with Crippen LogP contribution < -0.4 is 10.2 Å². The van der Waals surface area contributed by atoms with Gasteiger partial charge in [-0.25, -0.2) is 0 Å². The van der Waals surface area contributed by atoms with E-state index < -0.39 is 0 Å². The molecule has 2 aromatic rings. The highest BCUT2D eigenvalue weighted by Gasteiger charge is 2.26. The summed E-state index contributed by atoms with van der Waals surface area (Å²) in [6, 6.07) is 8.08. The summed E-state index contributed by atoms with van der Waals surface area (Å²) in [6.45, 7) is 5.80. The van der Waals surface area contributed by atoms with E-state index >= 15 is 0 Å². The third-order valence-electron chi connectivity index (χ3n) is 4.82. The number of pyridine rings is 1. The molecule has 1 saturated heterocycles. The second-order valence-corrected chi connectivity index (χ2v) is 6.59. The van der Waals surface area contributed by atoms with Crippen molar-refractivity contribution in [1.29, 1.82) is 0 Å². The summed E-state index contributed by atoms with van der Waals surface area (Å²) in [7, 11) is 0. The molecule has 0 radical (unpaired) electrons. The minimum atomic E-state index is 0.106. The zero-order chi connectivity index (χ0) is 17.6. The highest BCUT2D eigenvalue weighted by molar-refractivity contribution is 5.79. The summed E-state index contributed by atoms with van der Waals surface area (Å²) < 4.78 is 0. The van der Waals surface area contributed by atoms with Crippen molar-refractivity contribution < 1.29 is 4.79 Å². The Hall–Kier alpha value is -2.50. The van der Waals surface area contributed by atoms with Gasteiger partial charge in [0.25, 0.3) is 0 Å². The standard InChI is InChI=1S/C19H25N5O/c1-3-14(2)21-19(25)16-8-12-24(13-9-16)18-5-4-17(22-23-18)15-6-10-20-11-7-15/h4-7,10-11,14,16H,3,8-9,12-13H2,1-2H3,(H,21,25). The van der Waals surface area contributed by atoms with E-state index in [0.29, 0.717) is 0 Å². The van der Waals surface area contributed by atoms with Gasteiger partial charge < -0.3 is 10.2 Å². The maximum atomic E-state index is 12.2. The second-order valence-electron chi connectivity index (χ2n) is 6.59. The van der Waals surface area contributed by atoms with Crippen LogP contribution in [0, 0.1) is 5.92 Å². The van der Waals surface area contributed by atoms with Crippen LogP contribution in [0.4, 0.5) is 5.82 Å². The van der Waals surface area contributed by atoms with Gasteiger partial charge in [0, 0.05) is 43.0 Å². The van der Waals surface area contributed by atoms with E-state index in [9.17, 15) is 4.79 Å². The van der Waals surface area contributed by atoms with Crippen molar-refractivity contribution >= 4 is 11.7 Å².